The van der Waals surface area contributed by atoms with Crippen molar-refractivity contribution in [2.45, 2.75) is 13.8 Å². The highest BCUT2D eigenvalue weighted by atomic mass is 16.5. The molecule has 8 nitrogen and oxygen atoms in total. The molecule has 2 heterocycles. The van der Waals surface area contributed by atoms with Gasteiger partial charge in [-0.15, -0.1) is 0 Å². The molecule has 0 atom stereocenters. The van der Waals surface area contributed by atoms with Gasteiger partial charge in [0.1, 0.15) is 11.6 Å². The van der Waals surface area contributed by atoms with Crippen LogP contribution in [-0.4, -0.2) is 32.8 Å². The average molecular weight is 339 g/mol. The molecule has 3 rings (SSSR count). The number of aryl methyl sites for hydroxylation is 2. The number of aromatic nitrogens is 4. The number of carbonyl (C=O) groups excluding carboxylic acids is 1. The predicted octanol–water partition coefficient (Wildman–Crippen LogP) is 1.83. The zero-order valence-electron chi connectivity index (χ0n) is 14.0. The van der Waals surface area contributed by atoms with Crippen molar-refractivity contribution < 1.29 is 9.53 Å². The van der Waals surface area contributed by atoms with Crippen molar-refractivity contribution in [3.05, 3.63) is 63.7 Å². The van der Waals surface area contributed by atoms with Crippen LogP contribution in [0.4, 0.5) is 5.82 Å². The standard InChI is InChI=1S/C17H17N5O3/c1-10-9-15(23)20-17(18-10)22-14(8-11(2)21-22)19-16(24)12-6-4-5-7-13(12)25-3/h4-9H,1-3H3,(H,19,24)(H,18,20,23). The molecule has 0 unspecified atom stereocenters. The molecule has 0 radical (unpaired) electrons. The number of hydrogen-bond donors (Lipinski definition) is 2. The minimum Gasteiger partial charge on any atom is -0.496 e. The van der Waals surface area contributed by atoms with Crippen molar-refractivity contribution in [1.82, 2.24) is 19.7 Å². The topological polar surface area (TPSA) is 102 Å². The largest absolute Gasteiger partial charge is 0.496 e. The molecule has 1 amide bonds. The SMILES string of the molecule is COc1ccccc1C(=O)Nc1cc(C)nn1-c1nc(C)cc(=O)[nH]1. The number of benzene rings is 1. The number of anilines is 1. The van der Waals surface area contributed by atoms with Crippen molar-refractivity contribution >= 4 is 11.7 Å². The van der Waals surface area contributed by atoms with Crippen LogP contribution < -0.4 is 15.6 Å². The maximum atomic E-state index is 12.6. The predicted molar refractivity (Wildman–Crippen MR) is 92.4 cm³/mol. The Labute approximate surface area is 143 Å². The number of aromatic amines is 1. The van der Waals surface area contributed by atoms with Crippen LogP contribution >= 0.6 is 0 Å². The Hall–Kier alpha value is -3.42. The third kappa shape index (κ3) is 3.42. The van der Waals surface area contributed by atoms with Gasteiger partial charge in [-0.2, -0.15) is 9.78 Å². The number of para-hydroxylation sites is 1. The highest BCUT2D eigenvalue weighted by Gasteiger charge is 2.16. The summed E-state index contributed by atoms with van der Waals surface area (Å²) in [5.74, 6) is 0.731. The fraction of sp³-hybridized carbons (Fsp3) is 0.176. The van der Waals surface area contributed by atoms with E-state index in [9.17, 15) is 9.59 Å². The third-order valence-electron chi connectivity index (χ3n) is 3.48. The Morgan fingerprint density at radius 1 is 1.20 bits per heavy atom. The average Bonchev–Trinajstić information content (AvgIpc) is 2.94. The highest BCUT2D eigenvalue weighted by Crippen LogP contribution is 2.20. The first kappa shape index (κ1) is 16.4. The molecule has 0 aliphatic rings. The normalized spacial score (nSPS) is 10.5. The molecular weight excluding hydrogens is 322 g/mol. The molecule has 0 bridgehead atoms. The van der Waals surface area contributed by atoms with E-state index in [1.54, 1.807) is 44.2 Å². The van der Waals surface area contributed by atoms with E-state index in [-0.39, 0.29) is 17.4 Å². The zero-order valence-corrected chi connectivity index (χ0v) is 14.0. The summed E-state index contributed by atoms with van der Waals surface area (Å²) in [7, 11) is 1.50. The Kier molecular flexibility index (Phi) is 4.34. The van der Waals surface area contributed by atoms with Crippen LogP contribution in [-0.2, 0) is 0 Å². The van der Waals surface area contributed by atoms with Crippen molar-refractivity contribution in [2.75, 3.05) is 12.4 Å². The van der Waals surface area contributed by atoms with Gasteiger partial charge in [0.2, 0.25) is 5.95 Å². The summed E-state index contributed by atoms with van der Waals surface area (Å²) in [6.45, 7) is 3.49. The lowest BCUT2D eigenvalue weighted by Gasteiger charge is -2.10. The number of carbonyl (C=O) groups is 1. The number of nitrogens with one attached hydrogen (secondary N) is 2. The van der Waals surface area contributed by atoms with Crippen LogP contribution in [0.2, 0.25) is 0 Å². The van der Waals surface area contributed by atoms with Crippen LogP contribution in [0.3, 0.4) is 0 Å². The Morgan fingerprint density at radius 3 is 2.68 bits per heavy atom. The minimum atomic E-state index is -0.353. The smallest absolute Gasteiger partial charge is 0.260 e. The van der Waals surface area contributed by atoms with Gasteiger partial charge in [-0.05, 0) is 26.0 Å². The van der Waals surface area contributed by atoms with E-state index < -0.39 is 0 Å². The van der Waals surface area contributed by atoms with Gasteiger partial charge in [-0.3, -0.25) is 14.6 Å². The maximum Gasteiger partial charge on any atom is 0.260 e. The number of hydrogen-bond acceptors (Lipinski definition) is 5. The lowest BCUT2D eigenvalue weighted by atomic mass is 10.2. The van der Waals surface area contributed by atoms with Gasteiger partial charge in [0.25, 0.3) is 11.5 Å². The molecule has 0 aliphatic carbocycles. The second-order valence-corrected chi connectivity index (χ2v) is 5.45. The highest BCUT2D eigenvalue weighted by molar-refractivity contribution is 6.05. The molecule has 0 saturated heterocycles. The van der Waals surface area contributed by atoms with Crippen molar-refractivity contribution in [3.8, 4) is 11.7 Å². The van der Waals surface area contributed by atoms with E-state index in [1.165, 1.54) is 17.9 Å². The summed E-state index contributed by atoms with van der Waals surface area (Å²) in [6.07, 6.45) is 0. The molecule has 0 saturated carbocycles. The van der Waals surface area contributed by atoms with Crippen LogP contribution in [0.1, 0.15) is 21.7 Å². The summed E-state index contributed by atoms with van der Waals surface area (Å²) in [6, 6.07) is 9.97. The van der Waals surface area contributed by atoms with E-state index in [0.29, 0.717) is 28.5 Å². The number of H-pyrrole nitrogens is 1. The summed E-state index contributed by atoms with van der Waals surface area (Å²) in [5.41, 5.74) is 1.31. The van der Waals surface area contributed by atoms with E-state index in [0.717, 1.165) is 0 Å². The molecule has 1 aromatic carbocycles. The minimum absolute atomic E-state index is 0.230. The second-order valence-electron chi connectivity index (χ2n) is 5.45. The summed E-state index contributed by atoms with van der Waals surface area (Å²) in [4.78, 5) is 31.2. The van der Waals surface area contributed by atoms with Gasteiger partial charge in [-0.25, -0.2) is 4.98 Å². The Morgan fingerprint density at radius 2 is 1.96 bits per heavy atom. The van der Waals surface area contributed by atoms with Crippen LogP contribution in [0, 0.1) is 13.8 Å². The van der Waals surface area contributed by atoms with Crippen molar-refractivity contribution in [2.24, 2.45) is 0 Å². The lowest BCUT2D eigenvalue weighted by molar-refractivity contribution is 0.102. The summed E-state index contributed by atoms with van der Waals surface area (Å²) >= 11 is 0. The van der Waals surface area contributed by atoms with Crippen molar-refractivity contribution in [3.63, 3.8) is 0 Å². The fourth-order valence-corrected chi connectivity index (χ4v) is 2.43. The third-order valence-corrected chi connectivity index (χ3v) is 3.48. The number of nitrogens with zero attached hydrogens (tertiary/aromatic N) is 3. The maximum absolute atomic E-state index is 12.6. The first-order chi connectivity index (χ1) is 12.0. The second kappa shape index (κ2) is 6.60. The summed E-state index contributed by atoms with van der Waals surface area (Å²) < 4.78 is 6.60. The first-order valence-corrected chi connectivity index (χ1v) is 7.57. The summed E-state index contributed by atoms with van der Waals surface area (Å²) in [5, 5.41) is 7.07. The molecule has 0 aliphatic heterocycles. The Bertz CT molecular complexity index is 990. The van der Waals surface area contributed by atoms with Gasteiger partial charge < -0.3 is 10.1 Å². The van der Waals surface area contributed by atoms with Gasteiger partial charge in [0, 0.05) is 17.8 Å². The molecule has 128 valence electrons. The molecule has 8 heteroatoms. The molecule has 2 N–H and O–H groups in total. The molecular formula is C17H17N5O3. The zero-order chi connectivity index (χ0) is 18.0. The first-order valence-electron chi connectivity index (χ1n) is 7.57. The molecule has 25 heavy (non-hydrogen) atoms. The molecule has 0 spiro atoms. The molecule has 3 aromatic rings. The number of amides is 1. The lowest BCUT2D eigenvalue weighted by Crippen LogP contribution is -2.19. The number of rotatable bonds is 4. The number of ether oxygens (including phenoxy) is 1. The van der Waals surface area contributed by atoms with Crippen molar-refractivity contribution in [1.29, 1.82) is 0 Å². The van der Waals surface area contributed by atoms with E-state index in [2.05, 4.69) is 20.4 Å². The van der Waals surface area contributed by atoms with Gasteiger partial charge in [-0.1, -0.05) is 12.1 Å². The van der Waals surface area contributed by atoms with Crippen LogP contribution in [0.25, 0.3) is 5.95 Å². The van der Waals surface area contributed by atoms with E-state index in [1.807, 2.05) is 0 Å². The van der Waals surface area contributed by atoms with Crippen LogP contribution in [0.15, 0.2) is 41.2 Å². The van der Waals surface area contributed by atoms with Crippen LogP contribution in [0.5, 0.6) is 5.75 Å². The van der Waals surface area contributed by atoms with Gasteiger partial charge in [0.05, 0.1) is 18.4 Å². The molecule has 0 fully saturated rings. The fourth-order valence-electron chi connectivity index (χ4n) is 2.43. The number of methoxy groups -OCH3 is 1. The van der Waals surface area contributed by atoms with Gasteiger partial charge >= 0.3 is 0 Å². The van der Waals surface area contributed by atoms with E-state index in [4.69, 9.17) is 4.74 Å². The monoisotopic (exact) mass is 339 g/mol. The quantitative estimate of drug-likeness (QED) is 0.755. The molecule has 2 aromatic heterocycles. The Balaban J connectivity index is 1.99. The van der Waals surface area contributed by atoms with E-state index >= 15 is 0 Å². The van der Waals surface area contributed by atoms with Gasteiger partial charge in [0.15, 0.2) is 0 Å².